The zero-order valence-electron chi connectivity index (χ0n) is 17.9. The smallest absolute Gasteiger partial charge is 0.259 e. The highest BCUT2D eigenvalue weighted by Crippen LogP contribution is 2.31. The number of carbonyl (C=O) groups excluding carboxylic acids is 1. The third kappa shape index (κ3) is 3.61. The van der Waals surface area contributed by atoms with Gasteiger partial charge in [-0.1, -0.05) is 18.2 Å². The zero-order valence-corrected chi connectivity index (χ0v) is 18.8. The minimum atomic E-state index is -3.60. The number of rotatable bonds is 3. The van der Waals surface area contributed by atoms with Crippen LogP contribution in [0.25, 0.3) is 11.0 Å². The van der Waals surface area contributed by atoms with Gasteiger partial charge < -0.3 is 4.90 Å². The summed E-state index contributed by atoms with van der Waals surface area (Å²) in [7, 11) is -1.66. The second-order valence-electron chi connectivity index (χ2n) is 8.23. The highest BCUT2D eigenvalue weighted by atomic mass is 32.2. The molecule has 0 bridgehead atoms. The number of para-hydroxylation sites is 2. The predicted octanol–water partition coefficient (Wildman–Crippen LogP) is 2.90. The van der Waals surface area contributed by atoms with Gasteiger partial charge in [0.25, 0.3) is 5.91 Å². The molecule has 2 aromatic carbocycles. The first-order valence-corrected chi connectivity index (χ1v) is 12.3. The summed E-state index contributed by atoms with van der Waals surface area (Å²) in [4.78, 5) is 26.9. The monoisotopic (exact) mass is 451 g/mol. The van der Waals surface area contributed by atoms with Crippen LogP contribution in [-0.2, 0) is 10.0 Å². The predicted molar refractivity (Wildman–Crippen MR) is 124 cm³/mol. The van der Waals surface area contributed by atoms with E-state index in [1.54, 1.807) is 23.1 Å². The van der Waals surface area contributed by atoms with E-state index in [2.05, 4.69) is 0 Å². The van der Waals surface area contributed by atoms with Crippen LogP contribution in [-0.4, -0.2) is 61.8 Å². The maximum atomic E-state index is 13.6. The van der Waals surface area contributed by atoms with Crippen LogP contribution in [0.2, 0.25) is 0 Å². The normalized spacial score (nSPS) is 17.4. The fourth-order valence-electron chi connectivity index (χ4n) is 4.32. The van der Waals surface area contributed by atoms with E-state index in [1.165, 1.54) is 10.4 Å². The molecule has 2 aliphatic rings. The Labute approximate surface area is 187 Å². The molecule has 0 saturated carbocycles. The quantitative estimate of drug-likeness (QED) is 0.609. The molecule has 1 saturated heterocycles. The summed E-state index contributed by atoms with van der Waals surface area (Å²) < 4.78 is 27.5. The Morgan fingerprint density at radius 2 is 1.53 bits per heavy atom. The van der Waals surface area contributed by atoms with Gasteiger partial charge >= 0.3 is 0 Å². The van der Waals surface area contributed by atoms with Crippen molar-refractivity contribution in [1.82, 2.24) is 14.3 Å². The van der Waals surface area contributed by atoms with Gasteiger partial charge in [-0.25, -0.2) is 18.4 Å². The Morgan fingerprint density at radius 1 is 0.844 bits per heavy atom. The number of hydrogen-bond donors (Lipinski definition) is 0. The third-order valence-electron chi connectivity index (χ3n) is 6.06. The molecule has 8 nitrogen and oxygen atoms in total. The molecular formula is C23H25N5O3S. The first-order valence-electron chi connectivity index (χ1n) is 10.9. The van der Waals surface area contributed by atoms with Crippen LogP contribution in [0.15, 0.2) is 53.4 Å². The molecule has 0 spiro atoms. The Kier molecular flexibility index (Phi) is 5.30. The van der Waals surface area contributed by atoms with Crippen molar-refractivity contribution in [3.05, 3.63) is 54.1 Å². The Morgan fingerprint density at radius 3 is 2.25 bits per heavy atom. The molecular weight excluding hydrogens is 426 g/mol. The van der Waals surface area contributed by atoms with Crippen LogP contribution in [0.4, 0.5) is 11.6 Å². The number of benzene rings is 2. The summed E-state index contributed by atoms with van der Waals surface area (Å²) in [6, 6.07) is 13.9. The SMILES string of the molecule is CN1CCCN(C(=O)c2cccc(S(=O)(=O)N3CCCC3)c2)c2nc3ccccc3nc21. The molecule has 5 rings (SSSR count). The Balaban J connectivity index is 1.55. The van der Waals surface area contributed by atoms with Crippen LogP contribution in [0, 0.1) is 0 Å². The molecule has 32 heavy (non-hydrogen) atoms. The van der Waals surface area contributed by atoms with Gasteiger partial charge in [-0.3, -0.25) is 9.69 Å². The summed E-state index contributed by atoms with van der Waals surface area (Å²) in [6.07, 6.45) is 2.48. The minimum Gasteiger partial charge on any atom is -0.357 e. The third-order valence-corrected chi connectivity index (χ3v) is 7.95. The highest BCUT2D eigenvalue weighted by Gasteiger charge is 2.30. The van der Waals surface area contributed by atoms with Crippen LogP contribution in [0.1, 0.15) is 29.6 Å². The first kappa shape index (κ1) is 20.8. The van der Waals surface area contributed by atoms with E-state index in [0.29, 0.717) is 42.4 Å². The lowest BCUT2D eigenvalue weighted by Gasteiger charge is -2.23. The van der Waals surface area contributed by atoms with Crippen molar-refractivity contribution in [3.63, 3.8) is 0 Å². The molecule has 0 N–H and O–H groups in total. The summed E-state index contributed by atoms with van der Waals surface area (Å²) in [5.74, 6) is 0.876. The first-order chi connectivity index (χ1) is 15.4. The minimum absolute atomic E-state index is 0.155. The van der Waals surface area contributed by atoms with E-state index in [0.717, 1.165) is 31.3 Å². The number of hydrogen-bond acceptors (Lipinski definition) is 6. The van der Waals surface area contributed by atoms with Crippen molar-refractivity contribution in [2.45, 2.75) is 24.2 Å². The average Bonchev–Trinajstić information content (AvgIpc) is 3.32. The van der Waals surface area contributed by atoms with E-state index in [-0.39, 0.29) is 10.8 Å². The molecule has 0 unspecified atom stereocenters. The van der Waals surface area contributed by atoms with Gasteiger partial charge in [0.2, 0.25) is 10.0 Å². The van der Waals surface area contributed by atoms with Crippen LogP contribution in [0.5, 0.6) is 0 Å². The molecule has 3 heterocycles. The lowest BCUT2D eigenvalue weighted by molar-refractivity contribution is 0.0986. The van der Waals surface area contributed by atoms with Crippen LogP contribution >= 0.6 is 0 Å². The number of aromatic nitrogens is 2. The fourth-order valence-corrected chi connectivity index (χ4v) is 5.88. The standard InChI is InChI=1S/C23H25N5O3S/c1-26-12-7-15-28(22-21(26)24-19-10-2-3-11-20(19)25-22)23(29)17-8-6-9-18(16-17)32(30,31)27-13-4-5-14-27/h2-3,6,8-11,16H,4-5,7,12-15H2,1H3. The van der Waals surface area contributed by atoms with Gasteiger partial charge in [0.15, 0.2) is 11.6 Å². The molecule has 1 aromatic heterocycles. The second-order valence-corrected chi connectivity index (χ2v) is 10.2. The van der Waals surface area contributed by atoms with Gasteiger partial charge in [0.1, 0.15) is 0 Å². The zero-order chi connectivity index (χ0) is 22.3. The molecule has 166 valence electrons. The Bertz CT molecular complexity index is 1290. The van der Waals surface area contributed by atoms with E-state index >= 15 is 0 Å². The van der Waals surface area contributed by atoms with Crippen molar-refractivity contribution in [2.75, 3.05) is 43.0 Å². The van der Waals surface area contributed by atoms with Gasteiger partial charge in [0.05, 0.1) is 15.9 Å². The molecule has 1 fully saturated rings. The fraction of sp³-hybridized carbons (Fsp3) is 0.348. The molecule has 2 aliphatic heterocycles. The maximum Gasteiger partial charge on any atom is 0.259 e. The van der Waals surface area contributed by atoms with E-state index in [9.17, 15) is 13.2 Å². The van der Waals surface area contributed by atoms with Crippen molar-refractivity contribution in [1.29, 1.82) is 0 Å². The number of anilines is 2. The van der Waals surface area contributed by atoms with Crippen LogP contribution < -0.4 is 9.80 Å². The lowest BCUT2D eigenvalue weighted by atomic mass is 10.2. The number of sulfonamides is 1. The topological polar surface area (TPSA) is 86.7 Å². The highest BCUT2D eigenvalue weighted by molar-refractivity contribution is 7.89. The molecule has 3 aromatic rings. The van der Waals surface area contributed by atoms with Crippen molar-refractivity contribution >= 4 is 38.6 Å². The molecule has 1 amide bonds. The lowest BCUT2D eigenvalue weighted by Crippen LogP contribution is -2.33. The van der Waals surface area contributed by atoms with Gasteiger partial charge in [-0.2, -0.15) is 4.31 Å². The summed E-state index contributed by atoms with van der Waals surface area (Å²) in [6.45, 7) is 2.27. The number of carbonyl (C=O) groups is 1. The number of amides is 1. The molecule has 0 radical (unpaired) electrons. The van der Waals surface area contributed by atoms with E-state index < -0.39 is 10.0 Å². The molecule has 0 aliphatic carbocycles. The summed E-state index contributed by atoms with van der Waals surface area (Å²) in [5.41, 5.74) is 1.81. The van der Waals surface area contributed by atoms with Crippen molar-refractivity contribution in [3.8, 4) is 0 Å². The van der Waals surface area contributed by atoms with Crippen LogP contribution in [0.3, 0.4) is 0 Å². The average molecular weight is 452 g/mol. The second kappa shape index (κ2) is 8.14. The van der Waals surface area contributed by atoms with Crippen molar-refractivity contribution < 1.29 is 13.2 Å². The number of fused-ring (bicyclic) bond motifs is 2. The van der Waals surface area contributed by atoms with Crippen molar-refractivity contribution in [2.24, 2.45) is 0 Å². The molecule has 0 atom stereocenters. The van der Waals surface area contributed by atoms with Gasteiger partial charge in [0, 0.05) is 38.8 Å². The van der Waals surface area contributed by atoms with Gasteiger partial charge in [-0.05, 0) is 49.6 Å². The Hall–Kier alpha value is -3.04. The van der Waals surface area contributed by atoms with E-state index in [4.69, 9.17) is 9.97 Å². The number of nitrogens with zero attached hydrogens (tertiary/aromatic N) is 5. The largest absolute Gasteiger partial charge is 0.357 e. The molecule has 9 heteroatoms. The summed E-state index contributed by atoms with van der Waals surface area (Å²) in [5, 5.41) is 0. The summed E-state index contributed by atoms with van der Waals surface area (Å²) >= 11 is 0. The van der Waals surface area contributed by atoms with Gasteiger partial charge in [-0.15, -0.1) is 0 Å². The van der Waals surface area contributed by atoms with E-state index in [1.807, 2.05) is 36.2 Å². The maximum absolute atomic E-state index is 13.6.